The van der Waals surface area contributed by atoms with Gasteiger partial charge in [-0.15, -0.1) is 5.10 Å². The van der Waals surface area contributed by atoms with Crippen molar-refractivity contribution in [2.45, 2.75) is 77.6 Å². The molecule has 1 aromatic heterocycles. The first kappa shape index (κ1) is 36.8. The van der Waals surface area contributed by atoms with E-state index in [1.807, 2.05) is 11.8 Å². The Bertz CT molecular complexity index is 1550. The molecular formula is C31H35F9N6O2. The summed E-state index contributed by atoms with van der Waals surface area (Å²) in [6.07, 6.45) is -12.1. The summed E-state index contributed by atoms with van der Waals surface area (Å²) in [4.78, 5) is 15.2. The molecule has 2 aromatic carbocycles. The summed E-state index contributed by atoms with van der Waals surface area (Å²) >= 11 is 0. The van der Waals surface area contributed by atoms with Crippen LogP contribution in [0.15, 0.2) is 30.3 Å². The Labute approximate surface area is 270 Å². The zero-order valence-corrected chi connectivity index (χ0v) is 26.3. The van der Waals surface area contributed by atoms with Crippen LogP contribution in [-0.2, 0) is 43.5 Å². The van der Waals surface area contributed by atoms with Gasteiger partial charge in [0.2, 0.25) is 0 Å². The van der Waals surface area contributed by atoms with Crippen molar-refractivity contribution in [1.29, 1.82) is 0 Å². The molecule has 0 atom stereocenters. The number of anilines is 2. The molecule has 0 amide bonds. The van der Waals surface area contributed by atoms with Crippen LogP contribution < -0.4 is 9.80 Å². The fraction of sp³-hybridized carbons (Fsp3) is 0.548. The van der Waals surface area contributed by atoms with Gasteiger partial charge in [-0.3, -0.25) is 4.79 Å². The number of halogens is 9. The quantitative estimate of drug-likeness (QED) is 0.204. The summed E-state index contributed by atoms with van der Waals surface area (Å²) in [5, 5.41) is 20.8. The van der Waals surface area contributed by atoms with Crippen molar-refractivity contribution in [3.8, 4) is 0 Å². The lowest BCUT2D eigenvalue weighted by Gasteiger charge is -2.35. The molecule has 3 aromatic rings. The van der Waals surface area contributed by atoms with E-state index in [1.54, 1.807) is 0 Å². The number of alkyl halides is 9. The van der Waals surface area contributed by atoms with Gasteiger partial charge in [0.1, 0.15) is 0 Å². The smallest absolute Gasteiger partial charge is 0.416 e. The van der Waals surface area contributed by atoms with Crippen LogP contribution in [-0.4, -0.2) is 44.4 Å². The Hall–Kier alpha value is -4.05. The second kappa shape index (κ2) is 14.2. The lowest BCUT2D eigenvalue weighted by Crippen LogP contribution is -2.33. The molecule has 0 unspecified atom stereocenters. The van der Waals surface area contributed by atoms with E-state index < -0.39 is 59.8 Å². The normalized spacial score (nSPS) is 17.4. The fourth-order valence-electron chi connectivity index (χ4n) is 6.17. The zero-order valence-electron chi connectivity index (χ0n) is 26.3. The van der Waals surface area contributed by atoms with Crippen molar-refractivity contribution in [2.75, 3.05) is 22.9 Å². The molecule has 8 nitrogen and oxygen atoms in total. The molecular weight excluding hydrogens is 659 g/mol. The van der Waals surface area contributed by atoms with Crippen LogP contribution >= 0.6 is 0 Å². The highest BCUT2D eigenvalue weighted by Gasteiger charge is 2.38. The fourth-order valence-corrected chi connectivity index (χ4v) is 6.17. The molecule has 1 saturated carbocycles. The Balaban J connectivity index is 1.75. The molecule has 4 rings (SSSR count). The van der Waals surface area contributed by atoms with Gasteiger partial charge in [-0.25, -0.2) is 0 Å². The van der Waals surface area contributed by atoms with E-state index in [0.717, 1.165) is 23.7 Å². The van der Waals surface area contributed by atoms with Gasteiger partial charge in [-0.1, -0.05) is 5.10 Å². The summed E-state index contributed by atoms with van der Waals surface area (Å²) in [6.45, 7) is 2.91. The molecule has 17 heteroatoms. The molecule has 1 aliphatic carbocycles. The van der Waals surface area contributed by atoms with Gasteiger partial charge >= 0.3 is 24.5 Å². The number of aromatic nitrogens is 4. The van der Waals surface area contributed by atoms with Crippen LogP contribution in [0.5, 0.6) is 0 Å². The second-order valence-electron chi connectivity index (χ2n) is 12.2. The predicted octanol–water partition coefficient (Wildman–Crippen LogP) is 7.89. The van der Waals surface area contributed by atoms with E-state index in [1.165, 1.54) is 24.9 Å². The van der Waals surface area contributed by atoms with Crippen molar-refractivity contribution < 1.29 is 49.4 Å². The third-order valence-electron chi connectivity index (χ3n) is 8.52. The van der Waals surface area contributed by atoms with Gasteiger partial charge in [0.15, 0.2) is 0 Å². The van der Waals surface area contributed by atoms with Crippen molar-refractivity contribution in [3.05, 3.63) is 63.7 Å². The van der Waals surface area contributed by atoms with Crippen LogP contribution in [0.4, 0.5) is 51.1 Å². The van der Waals surface area contributed by atoms with E-state index >= 15 is 0 Å². The molecule has 0 radical (unpaired) electrons. The first-order valence-electron chi connectivity index (χ1n) is 15.2. The topological polar surface area (TPSA) is 87.4 Å². The van der Waals surface area contributed by atoms with Gasteiger partial charge in [-0.2, -0.15) is 44.3 Å². The molecule has 0 aliphatic heterocycles. The minimum Gasteiger partial charge on any atom is -0.481 e. The maximum atomic E-state index is 14.1. The van der Waals surface area contributed by atoms with E-state index in [2.05, 4.69) is 15.4 Å². The number of hydrogen-bond donors (Lipinski definition) is 1. The number of aliphatic carboxylic acids is 1. The van der Waals surface area contributed by atoms with Crippen LogP contribution in [0.1, 0.15) is 72.4 Å². The molecule has 1 heterocycles. The molecule has 264 valence electrons. The average molecular weight is 695 g/mol. The van der Waals surface area contributed by atoms with Gasteiger partial charge < -0.3 is 14.9 Å². The highest BCUT2D eigenvalue weighted by molar-refractivity contribution is 5.67. The first-order valence-corrected chi connectivity index (χ1v) is 15.2. The van der Waals surface area contributed by atoms with Gasteiger partial charge in [0.05, 0.1) is 23.7 Å². The standard InChI is InChI=1S/C31H35F9N6O2/c1-4-45(15-20-7-5-19(6-8-20)12-27(47)48)26-9-18(2)25(31(38,39)40)13-22(26)17-46(28-41-43-44(3)42-28)16-21-10-23(29(32,33)34)14-24(11-21)30(35,36)37/h9-11,13-14,19-20H,4-8,12,15-17H2,1-3H3,(H,47,48). The molecule has 0 spiro atoms. The number of aryl methyl sites for hydroxylation is 2. The molecule has 0 bridgehead atoms. The molecule has 48 heavy (non-hydrogen) atoms. The second-order valence-corrected chi connectivity index (χ2v) is 12.2. The lowest BCUT2D eigenvalue weighted by molar-refractivity contribution is -0.143. The van der Waals surface area contributed by atoms with E-state index in [4.69, 9.17) is 5.11 Å². The third kappa shape index (κ3) is 9.30. The molecule has 1 fully saturated rings. The number of hydrogen-bond acceptors (Lipinski definition) is 6. The molecule has 0 saturated heterocycles. The highest BCUT2D eigenvalue weighted by atomic mass is 19.4. The van der Waals surface area contributed by atoms with Crippen molar-refractivity contribution >= 4 is 17.6 Å². The Morgan fingerprint density at radius 1 is 0.854 bits per heavy atom. The summed E-state index contributed by atoms with van der Waals surface area (Å²) < 4.78 is 124. The van der Waals surface area contributed by atoms with E-state index in [-0.39, 0.29) is 41.4 Å². The predicted molar refractivity (Wildman–Crippen MR) is 157 cm³/mol. The maximum Gasteiger partial charge on any atom is 0.416 e. The summed E-state index contributed by atoms with van der Waals surface area (Å²) in [5.41, 5.74) is -4.00. The van der Waals surface area contributed by atoms with Gasteiger partial charge in [-0.05, 0) is 104 Å². The molecule has 1 N–H and O–H groups in total. The number of tetrazole rings is 1. The highest BCUT2D eigenvalue weighted by Crippen LogP contribution is 2.40. The number of carboxylic acid groups (broad SMARTS) is 1. The minimum absolute atomic E-state index is 0.00361. The first-order chi connectivity index (χ1) is 22.2. The summed E-state index contributed by atoms with van der Waals surface area (Å²) in [7, 11) is 1.38. The lowest BCUT2D eigenvalue weighted by atomic mass is 9.80. The number of rotatable bonds is 11. The molecule has 1 aliphatic rings. The number of carboxylic acids is 1. The van der Waals surface area contributed by atoms with Gasteiger partial charge in [0, 0.05) is 38.3 Å². The third-order valence-corrected chi connectivity index (χ3v) is 8.52. The summed E-state index contributed by atoms with van der Waals surface area (Å²) in [5.74, 6) is -0.933. The van der Waals surface area contributed by atoms with E-state index in [9.17, 15) is 44.3 Å². The SMILES string of the molecule is CCN(CC1CCC(CC(=O)O)CC1)c1cc(C)c(C(F)(F)F)cc1CN(Cc1cc(C(F)(F)F)cc(C(F)(F)F)c1)c1nnn(C)n1. The number of carbonyl (C=O) groups is 1. The van der Waals surface area contributed by atoms with Crippen LogP contribution in [0, 0.1) is 18.8 Å². The van der Waals surface area contributed by atoms with Crippen LogP contribution in [0.3, 0.4) is 0 Å². The maximum absolute atomic E-state index is 14.1. The monoisotopic (exact) mass is 694 g/mol. The zero-order chi connectivity index (χ0) is 35.6. The van der Waals surface area contributed by atoms with Crippen LogP contribution in [0.25, 0.3) is 0 Å². The van der Waals surface area contributed by atoms with Crippen LogP contribution in [0.2, 0.25) is 0 Å². The Morgan fingerprint density at radius 2 is 1.44 bits per heavy atom. The van der Waals surface area contributed by atoms with E-state index in [0.29, 0.717) is 43.8 Å². The number of nitrogens with zero attached hydrogens (tertiary/aromatic N) is 6. The Kier molecular flexibility index (Phi) is 10.9. The summed E-state index contributed by atoms with van der Waals surface area (Å²) in [6, 6.07) is 3.42. The van der Waals surface area contributed by atoms with Gasteiger partial charge in [0.25, 0.3) is 5.95 Å². The van der Waals surface area contributed by atoms with Crippen molar-refractivity contribution in [1.82, 2.24) is 20.2 Å². The average Bonchev–Trinajstić information content (AvgIpc) is 3.41. The largest absolute Gasteiger partial charge is 0.481 e. The Morgan fingerprint density at radius 3 is 1.92 bits per heavy atom. The minimum atomic E-state index is -5.11. The van der Waals surface area contributed by atoms with Crippen molar-refractivity contribution in [3.63, 3.8) is 0 Å². The van der Waals surface area contributed by atoms with Crippen molar-refractivity contribution in [2.24, 2.45) is 18.9 Å². The number of benzene rings is 2.